The predicted octanol–water partition coefficient (Wildman–Crippen LogP) is 3.17. The normalized spacial score (nSPS) is 17.7. The molecule has 0 radical (unpaired) electrons. The van der Waals surface area contributed by atoms with Crippen molar-refractivity contribution in [3.8, 4) is 0 Å². The van der Waals surface area contributed by atoms with Crippen LogP contribution in [-0.2, 0) is 11.0 Å². The van der Waals surface area contributed by atoms with Gasteiger partial charge in [-0.15, -0.1) is 0 Å². The highest BCUT2D eigenvalue weighted by Crippen LogP contribution is 2.38. The maximum atomic E-state index is 12.4. The van der Waals surface area contributed by atoms with Gasteiger partial charge in [0.15, 0.2) is 0 Å². The molecule has 4 nitrogen and oxygen atoms in total. The molecule has 0 atom stereocenters. The largest absolute Gasteiger partial charge is 0.480 e. The van der Waals surface area contributed by atoms with E-state index in [0.717, 1.165) is 12.5 Å². The number of nitrogens with zero attached hydrogens (tertiary/aromatic N) is 1. The molecule has 2 N–H and O–H groups in total. The second kappa shape index (κ2) is 4.56. The first-order valence-electron chi connectivity index (χ1n) is 5.49. The van der Waals surface area contributed by atoms with Crippen LogP contribution in [0.1, 0.15) is 24.8 Å². The van der Waals surface area contributed by atoms with E-state index in [2.05, 4.69) is 10.3 Å². The number of hydrogen-bond acceptors (Lipinski definition) is 3. The maximum Gasteiger partial charge on any atom is 0.417 e. The fraction of sp³-hybridized carbons (Fsp3) is 0.455. The minimum atomic E-state index is -4.53. The predicted molar refractivity (Wildman–Crippen MR) is 62.1 cm³/mol. The van der Waals surface area contributed by atoms with Crippen LogP contribution >= 0.6 is 11.6 Å². The Balaban J connectivity index is 2.25. The first-order valence-corrected chi connectivity index (χ1v) is 5.87. The lowest BCUT2D eigenvalue weighted by Crippen LogP contribution is -2.52. The minimum absolute atomic E-state index is 0.0447. The topological polar surface area (TPSA) is 62.2 Å². The molecule has 104 valence electrons. The number of carboxylic acids is 1. The number of alkyl halides is 3. The zero-order valence-electron chi connectivity index (χ0n) is 9.59. The van der Waals surface area contributed by atoms with Crippen LogP contribution in [0.2, 0.25) is 5.02 Å². The number of anilines is 1. The molecule has 0 aromatic carbocycles. The van der Waals surface area contributed by atoms with E-state index in [1.54, 1.807) is 0 Å². The molecule has 8 heteroatoms. The molecule has 1 aliphatic carbocycles. The van der Waals surface area contributed by atoms with Gasteiger partial charge in [-0.05, 0) is 25.3 Å². The molecule has 1 heterocycles. The van der Waals surface area contributed by atoms with Crippen LogP contribution in [0.15, 0.2) is 12.3 Å². The summed E-state index contributed by atoms with van der Waals surface area (Å²) in [5, 5.41) is 11.5. The summed E-state index contributed by atoms with van der Waals surface area (Å²) in [6, 6.07) is 0.727. The second-order valence-corrected chi connectivity index (χ2v) is 4.83. The molecule has 19 heavy (non-hydrogen) atoms. The van der Waals surface area contributed by atoms with Crippen molar-refractivity contribution < 1.29 is 23.1 Å². The van der Waals surface area contributed by atoms with Crippen molar-refractivity contribution in [2.45, 2.75) is 31.0 Å². The third-order valence-corrected chi connectivity index (χ3v) is 3.43. The molecule has 2 rings (SSSR count). The lowest BCUT2D eigenvalue weighted by Gasteiger charge is -2.38. The van der Waals surface area contributed by atoms with E-state index in [0.29, 0.717) is 19.0 Å². The molecule has 0 unspecified atom stereocenters. The molecule has 0 spiro atoms. The number of aliphatic carboxylic acids is 1. The molecule has 1 saturated carbocycles. The van der Waals surface area contributed by atoms with Crippen molar-refractivity contribution in [2.24, 2.45) is 0 Å². The third kappa shape index (κ3) is 2.60. The van der Waals surface area contributed by atoms with Crippen LogP contribution in [0, 0.1) is 0 Å². The fourth-order valence-electron chi connectivity index (χ4n) is 1.83. The summed E-state index contributed by atoms with van der Waals surface area (Å²) in [6.45, 7) is 0. The summed E-state index contributed by atoms with van der Waals surface area (Å²) in [5.74, 6) is -1.10. The quantitative estimate of drug-likeness (QED) is 0.899. The molecular weight excluding hydrogens is 285 g/mol. The van der Waals surface area contributed by atoms with Crippen molar-refractivity contribution in [1.29, 1.82) is 0 Å². The van der Waals surface area contributed by atoms with Crippen LogP contribution in [0.3, 0.4) is 0 Å². The summed E-state index contributed by atoms with van der Waals surface area (Å²) in [5.41, 5.74) is -2.14. The van der Waals surface area contributed by atoms with Crippen molar-refractivity contribution in [2.75, 3.05) is 5.32 Å². The average Bonchev–Trinajstić information content (AvgIpc) is 2.23. The lowest BCUT2D eigenvalue weighted by molar-refractivity contribution is -0.145. The molecule has 0 amide bonds. The number of carbonyl (C=O) groups is 1. The van der Waals surface area contributed by atoms with Gasteiger partial charge in [-0.25, -0.2) is 9.78 Å². The van der Waals surface area contributed by atoms with E-state index in [4.69, 9.17) is 16.7 Å². The van der Waals surface area contributed by atoms with Crippen molar-refractivity contribution in [3.05, 3.63) is 22.8 Å². The zero-order chi connectivity index (χ0) is 14.3. The van der Waals surface area contributed by atoms with Gasteiger partial charge < -0.3 is 10.4 Å². The maximum absolute atomic E-state index is 12.4. The van der Waals surface area contributed by atoms with Crippen LogP contribution < -0.4 is 5.32 Å². The molecule has 1 aliphatic rings. The van der Waals surface area contributed by atoms with Crippen LogP contribution in [-0.4, -0.2) is 21.6 Å². The standard InChI is InChI=1S/C11H10ClF3N2O2/c12-7-4-6(11(13,14)15)5-16-8(7)17-10(9(18)19)2-1-3-10/h4-5H,1-3H2,(H,16,17)(H,18,19). The smallest absolute Gasteiger partial charge is 0.417 e. The highest BCUT2D eigenvalue weighted by Gasteiger charge is 2.45. The highest BCUT2D eigenvalue weighted by molar-refractivity contribution is 6.33. The summed E-state index contributed by atoms with van der Waals surface area (Å²) >= 11 is 5.71. The molecular formula is C11H10ClF3N2O2. The fourth-order valence-corrected chi connectivity index (χ4v) is 2.05. The second-order valence-electron chi connectivity index (χ2n) is 4.42. The van der Waals surface area contributed by atoms with Crippen LogP contribution in [0.5, 0.6) is 0 Å². The molecule has 1 aromatic heterocycles. The Morgan fingerprint density at radius 2 is 2.11 bits per heavy atom. The summed E-state index contributed by atoms with van der Waals surface area (Å²) in [7, 11) is 0. The van der Waals surface area contributed by atoms with E-state index in [-0.39, 0.29) is 10.8 Å². The number of aromatic nitrogens is 1. The Kier molecular flexibility index (Phi) is 3.34. The lowest BCUT2D eigenvalue weighted by atomic mass is 9.77. The van der Waals surface area contributed by atoms with E-state index < -0.39 is 23.2 Å². The third-order valence-electron chi connectivity index (χ3n) is 3.14. The van der Waals surface area contributed by atoms with Crippen LogP contribution in [0.4, 0.5) is 19.0 Å². The Bertz CT molecular complexity index is 515. The zero-order valence-corrected chi connectivity index (χ0v) is 10.3. The van der Waals surface area contributed by atoms with Gasteiger partial charge in [0.05, 0.1) is 10.6 Å². The summed E-state index contributed by atoms with van der Waals surface area (Å²) in [4.78, 5) is 14.7. The van der Waals surface area contributed by atoms with Gasteiger partial charge in [-0.2, -0.15) is 13.2 Å². The summed E-state index contributed by atoms with van der Waals surface area (Å²) < 4.78 is 37.3. The van der Waals surface area contributed by atoms with Crippen molar-refractivity contribution in [1.82, 2.24) is 4.98 Å². The Morgan fingerprint density at radius 1 is 1.47 bits per heavy atom. The van der Waals surface area contributed by atoms with Crippen molar-refractivity contribution in [3.63, 3.8) is 0 Å². The van der Waals surface area contributed by atoms with Gasteiger partial charge in [-0.3, -0.25) is 0 Å². The molecule has 1 fully saturated rings. The molecule has 0 saturated heterocycles. The number of pyridine rings is 1. The first kappa shape index (κ1) is 13.9. The van der Waals surface area contributed by atoms with Gasteiger partial charge in [0.2, 0.25) is 0 Å². The van der Waals surface area contributed by atoms with Gasteiger partial charge >= 0.3 is 12.1 Å². The molecule has 0 bridgehead atoms. The summed E-state index contributed by atoms with van der Waals surface area (Å²) in [6.07, 6.45) is -2.39. The Morgan fingerprint density at radius 3 is 2.47 bits per heavy atom. The highest BCUT2D eigenvalue weighted by atomic mass is 35.5. The number of rotatable bonds is 3. The Labute approximate surface area is 111 Å². The number of hydrogen-bond donors (Lipinski definition) is 2. The van der Waals surface area contributed by atoms with Gasteiger partial charge in [-0.1, -0.05) is 11.6 Å². The van der Waals surface area contributed by atoms with E-state index >= 15 is 0 Å². The van der Waals surface area contributed by atoms with E-state index in [1.165, 1.54) is 0 Å². The number of nitrogens with one attached hydrogen (secondary N) is 1. The Hall–Kier alpha value is -1.50. The van der Waals surface area contributed by atoms with Gasteiger partial charge in [0, 0.05) is 6.20 Å². The average molecular weight is 295 g/mol. The molecule has 0 aliphatic heterocycles. The SMILES string of the molecule is O=C(O)C1(Nc2ncc(C(F)(F)F)cc2Cl)CCC1. The minimum Gasteiger partial charge on any atom is -0.480 e. The number of halogens is 4. The molecule has 1 aromatic rings. The first-order chi connectivity index (χ1) is 8.74. The monoisotopic (exact) mass is 294 g/mol. The number of carboxylic acid groups (broad SMARTS) is 1. The van der Waals surface area contributed by atoms with Crippen molar-refractivity contribution >= 4 is 23.4 Å². The van der Waals surface area contributed by atoms with Crippen LogP contribution in [0.25, 0.3) is 0 Å². The van der Waals surface area contributed by atoms with E-state index in [1.807, 2.05) is 0 Å². The van der Waals surface area contributed by atoms with Gasteiger partial charge in [0.1, 0.15) is 11.4 Å². The van der Waals surface area contributed by atoms with Gasteiger partial charge in [0.25, 0.3) is 0 Å². The van der Waals surface area contributed by atoms with E-state index in [9.17, 15) is 18.0 Å².